The molecule has 0 radical (unpaired) electrons. The van der Waals surface area contributed by atoms with Crippen molar-refractivity contribution in [2.45, 2.75) is 32.8 Å². The second kappa shape index (κ2) is 6.38. The topological polar surface area (TPSA) is 26.3 Å². The molecule has 2 aromatic carbocycles. The number of ketones is 1. The van der Waals surface area contributed by atoms with Gasteiger partial charge in [-0.25, -0.2) is 0 Å². The molecular weight excluding hydrogens is 248 g/mol. The Morgan fingerprint density at radius 1 is 0.950 bits per heavy atom. The summed E-state index contributed by atoms with van der Waals surface area (Å²) in [5.74, 6) is 1.19. The fourth-order valence-corrected chi connectivity index (χ4v) is 2.04. The van der Waals surface area contributed by atoms with E-state index in [0.717, 1.165) is 5.75 Å². The molecule has 0 aliphatic rings. The maximum absolute atomic E-state index is 12.2. The highest BCUT2D eigenvalue weighted by Gasteiger charge is 2.16. The van der Waals surface area contributed by atoms with E-state index in [-0.39, 0.29) is 5.78 Å². The van der Waals surface area contributed by atoms with Crippen molar-refractivity contribution in [1.82, 2.24) is 0 Å². The number of hydrogen-bond donors (Lipinski definition) is 0. The van der Waals surface area contributed by atoms with Gasteiger partial charge in [0.05, 0.1) is 0 Å². The first-order valence-corrected chi connectivity index (χ1v) is 6.94. The van der Waals surface area contributed by atoms with Gasteiger partial charge in [0.1, 0.15) is 5.75 Å². The minimum absolute atomic E-state index is 0.000509. The zero-order valence-electron chi connectivity index (χ0n) is 12.2. The molecule has 2 heteroatoms. The number of rotatable bonds is 5. The molecule has 0 saturated heterocycles. The normalized spacial score (nSPS) is 12.2. The van der Waals surface area contributed by atoms with Crippen molar-refractivity contribution in [1.29, 1.82) is 0 Å². The van der Waals surface area contributed by atoms with Crippen LogP contribution in [0.25, 0.3) is 0 Å². The summed E-state index contributed by atoms with van der Waals surface area (Å²) in [6.45, 7) is 6.06. The van der Waals surface area contributed by atoms with Crippen LogP contribution in [0.4, 0.5) is 0 Å². The van der Waals surface area contributed by atoms with Gasteiger partial charge in [-0.3, -0.25) is 4.79 Å². The lowest BCUT2D eigenvalue weighted by atomic mass is 10.0. The fraction of sp³-hybridized carbons (Fsp3) is 0.278. The molecule has 104 valence electrons. The maximum atomic E-state index is 12.2. The van der Waals surface area contributed by atoms with Crippen LogP contribution in [-0.2, 0) is 0 Å². The van der Waals surface area contributed by atoms with Crippen LogP contribution in [0.15, 0.2) is 54.6 Å². The number of ether oxygens (including phenoxy) is 1. The molecule has 0 aliphatic carbocycles. The lowest BCUT2D eigenvalue weighted by molar-refractivity contribution is 0.0818. The molecule has 20 heavy (non-hydrogen) atoms. The van der Waals surface area contributed by atoms with E-state index in [2.05, 4.69) is 19.9 Å². The second-order valence-electron chi connectivity index (χ2n) is 5.22. The molecule has 0 aromatic heterocycles. The van der Waals surface area contributed by atoms with E-state index >= 15 is 0 Å². The molecule has 0 bridgehead atoms. The average Bonchev–Trinajstić information content (AvgIpc) is 2.47. The van der Waals surface area contributed by atoms with Crippen molar-refractivity contribution in [3.05, 3.63) is 65.7 Å². The Hall–Kier alpha value is -2.09. The molecule has 2 aromatic rings. The standard InChI is InChI=1S/C18H20O2/c1-13(2)16-10-7-11-17(12-16)20-14(3)18(19)15-8-5-4-6-9-15/h4-14H,1-3H3. The van der Waals surface area contributed by atoms with Crippen LogP contribution >= 0.6 is 0 Å². The van der Waals surface area contributed by atoms with Gasteiger partial charge >= 0.3 is 0 Å². The Morgan fingerprint density at radius 3 is 2.30 bits per heavy atom. The summed E-state index contributed by atoms with van der Waals surface area (Å²) in [6, 6.07) is 17.2. The maximum Gasteiger partial charge on any atom is 0.202 e. The highest BCUT2D eigenvalue weighted by molar-refractivity contribution is 5.99. The van der Waals surface area contributed by atoms with Gasteiger partial charge in [-0.1, -0.05) is 56.3 Å². The van der Waals surface area contributed by atoms with Crippen LogP contribution in [0.3, 0.4) is 0 Å². The number of hydrogen-bond acceptors (Lipinski definition) is 2. The fourth-order valence-electron chi connectivity index (χ4n) is 2.04. The van der Waals surface area contributed by atoms with Crippen LogP contribution in [-0.4, -0.2) is 11.9 Å². The van der Waals surface area contributed by atoms with Gasteiger partial charge in [-0.15, -0.1) is 0 Å². The summed E-state index contributed by atoms with van der Waals surface area (Å²) in [5.41, 5.74) is 1.89. The molecule has 2 nitrogen and oxygen atoms in total. The summed E-state index contributed by atoms with van der Waals surface area (Å²) in [4.78, 5) is 12.2. The zero-order chi connectivity index (χ0) is 14.5. The molecule has 0 amide bonds. The van der Waals surface area contributed by atoms with E-state index in [1.165, 1.54) is 5.56 Å². The van der Waals surface area contributed by atoms with Crippen LogP contribution in [0.1, 0.15) is 42.6 Å². The minimum atomic E-state index is -0.486. The Labute approximate surface area is 120 Å². The van der Waals surface area contributed by atoms with Crippen LogP contribution in [0.5, 0.6) is 5.75 Å². The third-order valence-corrected chi connectivity index (χ3v) is 3.27. The smallest absolute Gasteiger partial charge is 0.202 e. The van der Waals surface area contributed by atoms with E-state index in [1.807, 2.05) is 48.5 Å². The molecule has 0 N–H and O–H groups in total. The Balaban J connectivity index is 2.10. The third-order valence-electron chi connectivity index (χ3n) is 3.27. The molecular formula is C18H20O2. The van der Waals surface area contributed by atoms with Gasteiger partial charge < -0.3 is 4.74 Å². The summed E-state index contributed by atoms with van der Waals surface area (Å²) < 4.78 is 5.77. The number of carbonyl (C=O) groups is 1. The zero-order valence-corrected chi connectivity index (χ0v) is 12.2. The Bertz CT molecular complexity index is 573. The quantitative estimate of drug-likeness (QED) is 0.748. The average molecular weight is 268 g/mol. The molecule has 0 spiro atoms. The van der Waals surface area contributed by atoms with Gasteiger partial charge in [-0.2, -0.15) is 0 Å². The minimum Gasteiger partial charge on any atom is -0.483 e. The number of benzene rings is 2. The SMILES string of the molecule is CC(Oc1cccc(C(C)C)c1)C(=O)c1ccccc1. The number of carbonyl (C=O) groups excluding carboxylic acids is 1. The third kappa shape index (κ3) is 3.47. The predicted octanol–water partition coefficient (Wildman–Crippen LogP) is 4.46. The summed E-state index contributed by atoms with van der Waals surface area (Å²) >= 11 is 0. The van der Waals surface area contributed by atoms with Crippen molar-refractivity contribution >= 4 is 5.78 Å². The van der Waals surface area contributed by atoms with Crippen molar-refractivity contribution in [3.8, 4) is 5.75 Å². The number of Topliss-reactive ketones (excluding diaryl/α,β-unsaturated/α-hetero) is 1. The summed E-state index contributed by atoms with van der Waals surface area (Å²) in [6.07, 6.45) is -0.486. The second-order valence-corrected chi connectivity index (χ2v) is 5.22. The molecule has 1 unspecified atom stereocenters. The van der Waals surface area contributed by atoms with Crippen LogP contribution in [0.2, 0.25) is 0 Å². The first-order valence-electron chi connectivity index (χ1n) is 6.94. The lowest BCUT2D eigenvalue weighted by Crippen LogP contribution is -2.23. The lowest BCUT2D eigenvalue weighted by Gasteiger charge is -2.15. The summed E-state index contributed by atoms with van der Waals surface area (Å²) in [5, 5.41) is 0. The van der Waals surface area contributed by atoms with Crippen molar-refractivity contribution in [2.75, 3.05) is 0 Å². The largest absolute Gasteiger partial charge is 0.483 e. The molecule has 0 aliphatic heterocycles. The van der Waals surface area contributed by atoms with E-state index in [4.69, 9.17) is 4.74 Å². The van der Waals surface area contributed by atoms with Gasteiger partial charge in [0, 0.05) is 5.56 Å². The first kappa shape index (κ1) is 14.3. The highest BCUT2D eigenvalue weighted by Crippen LogP contribution is 2.21. The molecule has 0 saturated carbocycles. The monoisotopic (exact) mass is 268 g/mol. The van der Waals surface area contributed by atoms with Crippen LogP contribution in [0, 0.1) is 0 Å². The highest BCUT2D eigenvalue weighted by atomic mass is 16.5. The van der Waals surface area contributed by atoms with Crippen molar-refractivity contribution in [3.63, 3.8) is 0 Å². The van der Waals surface area contributed by atoms with Crippen molar-refractivity contribution in [2.24, 2.45) is 0 Å². The molecule has 0 fully saturated rings. The van der Waals surface area contributed by atoms with Crippen LogP contribution < -0.4 is 4.74 Å². The molecule has 0 heterocycles. The Morgan fingerprint density at radius 2 is 1.65 bits per heavy atom. The first-order chi connectivity index (χ1) is 9.58. The molecule has 2 rings (SSSR count). The van der Waals surface area contributed by atoms with E-state index < -0.39 is 6.10 Å². The van der Waals surface area contributed by atoms with E-state index in [0.29, 0.717) is 11.5 Å². The van der Waals surface area contributed by atoms with E-state index in [1.54, 1.807) is 6.92 Å². The van der Waals surface area contributed by atoms with E-state index in [9.17, 15) is 4.79 Å². The van der Waals surface area contributed by atoms with Gasteiger partial charge in [0.15, 0.2) is 6.10 Å². The van der Waals surface area contributed by atoms with Gasteiger partial charge in [0.2, 0.25) is 5.78 Å². The Kier molecular flexibility index (Phi) is 4.57. The summed E-state index contributed by atoms with van der Waals surface area (Å²) in [7, 11) is 0. The van der Waals surface area contributed by atoms with Gasteiger partial charge in [-0.05, 0) is 30.5 Å². The van der Waals surface area contributed by atoms with Crippen molar-refractivity contribution < 1.29 is 9.53 Å². The van der Waals surface area contributed by atoms with Gasteiger partial charge in [0.25, 0.3) is 0 Å². The molecule has 1 atom stereocenters. The predicted molar refractivity (Wildman–Crippen MR) is 81.4 cm³/mol.